The van der Waals surface area contributed by atoms with E-state index in [0.717, 1.165) is 0 Å². The number of alkyl halides is 33. The van der Waals surface area contributed by atoms with Crippen molar-refractivity contribution in [3.8, 4) is 0 Å². The van der Waals surface area contributed by atoms with E-state index in [1.165, 1.54) is 0 Å². The van der Waals surface area contributed by atoms with E-state index in [4.69, 9.17) is 0 Å². The molecule has 0 amide bonds. The lowest BCUT2D eigenvalue weighted by molar-refractivity contribution is -0.497. The number of rotatable bonds is 15. The molecule has 0 saturated heterocycles. The zero-order valence-corrected chi connectivity index (χ0v) is 21.7. The van der Waals surface area contributed by atoms with Crippen molar-refractivity contribution in [2.24, 2.45) is 0 Å². The molecular weight excluding hydrogens is 871 g/mol. The third-order valence-electron chi connectivity index (χ3n) is 6.07. The van der Waals surface area contributed by atoms with Crippen molar-refractivity contribution in [2.45, 2.75) is 95.1 Å². The summed E-state index contributed by atoms with van der Waals surface area (Å²) in [6.07, 6.45) is -8.42. The Labute approximate surface area is 256 Å². The molecule has 52 heavy (non-hydrogen) atoms. The van der Waals surface area contributed by atoms with Crippen LogP contribution in [0.2, 0.25) is 0 Å². The van der Waals surface area contributed by atoms with Crippen molar-refractivity contribution >= 4 is 0 Å². The molecule has 0 heterocycles. The van der Waals surface area contributed by atoms with E-state index in [-0.39, 0.29) is 0 Å². The minimum Gasteiger partial charge on any atom is -0.192 e. The van der Waals surface area contributed by atoms with Crippen molar-refractivity contribution in [3.63, 3.8) is 0 Å². The number of hydrogen-bond donors (Lipinski definition) is 0. The molecule has 0 radical (unpaired) electrons. The maximum Gasteiger partial charge on any atom is 0.460 e. The first-order valence-electron chi connectivity index (χ1n) is 10.5. The summed E-state index contributed by atoms with van der Waals surface area (Å²) in [5.41, 5.74) is 0. The Hall–Kier alpha value is -2.49. The van der Waals surface area contributed by atoms with Gasteiger partial charge in [0.25, 0.3) is 0 Å². The number of hydrogen-bond acceptors (Lipinski definition) is 1. The largest absolute Gasteiger partial charge is 0.460 e. The second-order valence-electron chi connectivity index (χ2n) is 9.31. The predicted octanol–water partition coefficient (Wildman–Crippen LogP) is 11.1. The van der Waals surface area contributed by atoms with Crippen LogP contribution < -0.4 is 0 Å². The van der Waals surface area contributed by atoms with Gasteiger partial charge >= 0.3 is 95.1 Å². The summed E-state index contributed by atoms with van der Waals surface area (Å²) in [4.78, 5) is 0. The molecule has 0 fully saturated rings. The van der Waals surface area contributed by atoms with Crippen LogP contribution in [0.5, 0.6) is 0 Å². The van der Waals surface area contributed by atoms with E-state index < -0.39 is 100 Å². The highest BCUT2D eigenvalue weighted by molar-refractivity contribution is 5.22. The molecule has 0 aliphatic heterocycles. The van der Waals surface area contributed by atoms with Gasteiger partial charge in [-0.1, -0.05) is 8.96 Å². The Balaban J connectivity index is 7.74. The van der Waals surface area contributed by atoms with Gasteiger partial charge in [-0.2, -0.15) is 145 Å². The third-order valence-corrected chi connectivity index (χ3v) is 6.07. The number of nitrogens with zero attached hydrogens (tertiary/aromatic N) is 1. The molecule has 0 N–H and O–H groups in total. The second-order valence-corrected chi connectivity index (χ2v) is 9.31. The monoisotopic (exact) mass is 871 g/mol. The summed E-state index contributed by atoms with van der Waals surface area (Å²) in [5, 5.41) is -4.67. The van der Waals surface area contributed by atoms with E-state index >= 15 is 0 Å². The van der Waals surface area contributed by atoms with Gasteiger partial charge in [-0.15, -0.1) is 0 Å². The Morgan fingerprint density at radius 2 is 0.288 bits per heavy atom. The van der Waals surface area contributed by atoms with Crippen LogP contribution in [-0.2, 0) is 0 Å². The number of halogens is 35. The van der Waals surface area contributed by atoms with Crippen LogP contribution >= 0.6 is 0 Å². The average Bonchev–Trinajstić information content (AvgIpc) is 2.90. The zero-order valence-electron chi connectivity index (χ0n) is 21.7. The van der Waals surface area contributed by atoms with Crippen molar-refractivity contribution in [2.75, 3.05) is 0 Å². The molecule has 314 valence electrons. The van der Waals surface area contributed by atoms with Gasteiger partial charge in [-0.25, -0.2) is 0 Å². The van der Waals surface area contributed by atoms with E-state index in [0.29, 0.717) is 0 Å². The molecule has 0 atom stereocenters. The molecule has 0 unspecified atom stereocenters. The first kappa shape index (κ1) is 49.5. The topological polar surface area (TPSA) is 3.24 Å². The summed E-state index contributed by atoms with van der Waals surface area (Å²) < 4.78 is 461. The molecule has 0 saturated carbocycles. The minimum absolute atomic E-state index is 4.67. The predicted molar refractivity (Wildman–Crippen MR) is 84.3 cm³/mol. The molecule has 0 aromatic rings. The third kappa shape index (κ3) is 5.36. The standard InChI is InChI=1S/C16F35N/c17-1(18,3(21,22)5(25,26)7(29,30)9(33,34)11(37,38)13(41,42)15(45,46)47)2(19,20)4(23,24)6(27,28)8(31,32)10(35,36)12(39,40)14(43,44)16(48,49)52(50)51. The lowest BCUT2D eigenvalue weighted by Crippen LogP contribution is -2.80. The normalized spacial score (nSPS) is 17.3. The lowest BCUT2D eigenvalue weighted by Gasteiger charge is -2.46. The quantitative estimate of drug-likeness (QED) is 0.0900. The molecule has 0 aliphatic rings. The smallest absolute Gasteiger partial charge is 0.192 e. The highest BCUT2D eigenvalue weighted by atomic mass is 19.4. The summed E-state index contributed by atoms with van der Waals surface area (Å²) in [7, 11) is 0. The molecule has 36 heteroatoms. The van der Waals surface area contributed by atoms with Crippen molar-refractivity contribution in [1.29, 1.82) is 0 Å². The first-order valence-corrected chi connectivity index (χ1v) is 10.5. The summed E-state index contributed by atoms with van der Waals surface area (Å²) in [5.74, 6) is -138. The van der Waals surface area contributed by atoms with E-state index in [1.807, 2.05) is 0 Å². The van der Waals surface area contributed by atoms with Crippen LogP contribution in [0.15, 0.2) is 0 Å². The highest BCUT2D eigenvalue weighted by Gasteiger charge is 3.02. The SMILES string of the molecule is FN(F)C(F)(F)C(F)(F)C(F)(F)C(F)(F)C(F)(F)C(F)(F)C(F)(F)C(F)(F)C(F)(F)C(F)(F)C(F)(F)C(F)(F)C(F)(F)C(F)(F)C(F)(F)C(F)(F)F. The molecular formula is C16F35N. The second kappa shape index (κ2) is 11.8. The highest BCUT2D eigenvalue weighted by Crippen LogP contribution is 2.70. The molecule has 1 nitrogen and oxygen atoms in total. The lowest BCUT2D eigenvalue weighted by atomic mass is 9.83. The molecule has 0 aromatic carbocycles. The van der Waals surface area contributed by atoms with E-state index in [1.54, 1.807) is 0 Å². The summed E-state index contributed by atoms with van der Waals surface area (Å²) in [6.45, 7) is 0. The van der Waals surface area contributed by atoms with Crippen LogP contribution in [0, 0.1) is 0 Å². The molecule has 0 aromatic heterocycles. The van der Waals surface area contributed by atoms with Gasteiger partial charge in [0.15, 0.2) is 0 Å². The maximum atomic E-state index is 13.7. The van der Waals surface area contributed by atoms with Crippen LogP contribution in [0.3, 0.4) is 0 Å². The van der Waals surface area contributed by atoms with Crippen LogP contribution in [-0.4, -0.2) is 100 Å². The minimum atomic E-state index is -10.3. The van der Waals surface area contributed by atoms with Gasteiger partial charge in [-0.3, -0.25) is 0 Å². The van der Waals surface area contributed by atoms with E-state index in [2.05, 4.69) is 0 Å². The van der Waals surface area contributed by atoms with Crippen molar-refractivity contribution < 1.29 is 154 Å². The summed E-state index contributed by atoms with van der Waals surface area (Å²) in [6, 6.07) is -8.40. The van der Waals surface area contributed by atoms with Crippen molar-refractivity contribution in [3.05, 3.63) is 0 Å². The first-order chi connectivity index (χ1) is 21.7. The van der Waals surface area contributed by atoms with Gasteiger partial charge < -0.3 is 0 Å². The van der Waals surface area contributed by atoms with Crippen LogP contribution in [0.25, 0.3) is 0 Å². The fraction of sp³-hybridized carbons (Fsp3) is 1.00. The average molecular weight is 871 g/mol. The molecule has 0 bridgehead atoms. The Morgan fingerprint density at radius 1 is 0.173 bits per heavy atom. The maximum absolute atomic E-state index is 13.7. The Kier molecular flexibility index (Phi) is 11.2. The van der Waals surface area contributed by atoms with Crippen molar-refractivity contribution in [1.82, 2.24) is 5.34 Å². The Morgan fingerprint density at radius 3 is 0.404 bits per heavy atom. The molecule has 0 rings (SSSR count). The van der Waals surface area contributed by atoms with Gasteiger partial charge in [0.2, 0.25) is 0 Å². The summed E-state index contributed by atoms with van der Waals surface area (Å²) >= 11 is 0. The molecule has 0 spiro atoms. The van der Waals surface area contributed by atoms with Gasteiger partial charge in [0.1, 0.15) is 0 Å². The molecule has 0 aliphatic carbocycles. The fourth-order valence-electron chi connectivity index (χ4n) is 2.84. The fourth-order valence-corrected chi connectivity index (χ4v) is 2.84. The van der Waals surface area contributed by atoms with Crippen LogP contribution in [0.4, 0.5) is 154 Å². The van der Waals surface area contributed by atoms with Gasteiger partial charge in [0.05, 0.1) is 5.34 Å². The van der Waals surface area contributed by atoms with E-state index in [9.17, 15) is 154 Å². The zero-order chi connectivity index (χ0) is 43.6. The van der Waals surface area contributed by atoms with Gasteiger partial charge in [-0.05, 0) is 0 Å². The Bertz CT molecular complexity index is 1290. The van der Waals surface area contributed by atoms with Gasteiger partial charge in [0, 0.05) is 0 Å². The van der Waals surface area contributed by atoms with Crippen LogP contribution in [0.1, 0.15) is 0 Å².